The van der Waals surface area contributed by atoms with E-state index in [1.807, 2.05) is 0 Å². The number of carbonyl (C=O) groups excluding carboxylic acids is 3. The number of hydrogen-bond acceptors (Lipinski definition) is 8. The van der Waals surface area contributed by atoms with Crippen molar-refractivity contribution < 1.29 is 37.0 Å². The smallest absolute Gasteiger partial charge is 0.418 e. The molecule has 0 radical (unpaired) electrons. The van der Waals surface area contributed by atoms with Gasteiger partial charge in [-0.05, 0) is 54.1 Å². The summed E-state index contributed by atoms with van der Waals surface area (Å²) in [6, 6.07) is 16.3. The van der Waals surface area contributed by atoms with Crippen LogP contribution in [0.2, 0.25) is 0 Å². The van der Waals surface area contributed by atoms with Crippen LogP contribution in [0.1, 0.15) is 21.9 Å². The molecule has 0 spiro atoms. The molecule has 238 valence electrons. The van der Waals surface area contributed by atoms with E-state index in [-0.39, 0.29) is 5.03 Å². The predicted molar refractivity (Wildman–Crippen MR) is 170 cm³/mol. The van der Waals surface area contributed by atoms with Crippen molar-refractivity contribution in [2.75, 3.05) is 24.4 Å². The highest BCUT2D eigenvalue weighted by atomic mass is 79.9. The Morgan fingerprint density at radius 3 is 2.33 bits per heavy atom. The number of thiazole rings is 1. The number of hydrogen-bond donors (Lipinski definition) is 1. The number of imide groups is 1. The lowest BCUT2D eigenvalue weighted by atomic mass is 9.83. The molecular weight excluding hydrogens is 711 g/mol. The van der Waals surface area contributed by atoms with Crippen LogP contribution in [0.3, 0.4) is 0 Å². The lowest BCUT2D eigenvalue weighted by molar-refractivity contribution is -0.137. The molecule has 3 heterocycles. The molecule has 6 rings (SSSR count). The van der Waals surface area contributed by atoms with E-state index in [4.69, 9.17) is 9.47 Å². The van der Waals surface area contributed by atoms with E-state index >= 15 is 0 Å². The lowest BCUT2D eigenvalue weighted by Crippen LogP contribution is -2.33. The summed E-state index contributed by atoms with van der Waals surface area (Å²) in [5.74, 6) is -2.71. The summed E-state index contributed by atoms with van der Waals surface area (Å²) in [7, 11) is 2.93. The maximum Gasteiger partial charge on any atom is 0.418 e. The van der Waals surface area contributed by atoms with Gasteiger partial charge in [-0.25, -0.2) is 4.90 Å². The predicted octanol–water partition coefficient (Wildman–Crippen LogP) is 6.14. The number of amides is 3. The first-order valence-electron chi connectivity index (χ1n) is 13.6. The number of ether oxygens (including phenoxy) is 2. The van der Waals surface area contributed by atoms with Gasteiger partial charge in [-0.1, -0.05) is 57.2 Å². The third kappa shape index (κ3) is 5.60. The molecular formula is C31H23BrF3N3O6S2. The Balaban J connectivity index is 1.43. The summed E-state index contributed by atoms with van der Waals surface area (Å²) >= 11 is 5.17. The number of para-hydroxylation sites is 1. The van der Waals surface area contributed by atoms with Gasteiger partial charge in [0.15, 0.2) is 11.5 Å². The van der Waals surface area contributed by atoms with Crippen LogP contribution in [0.5, 0.6) is 11.5 Å². The summed E-state index contributed by atoms with van der Waals surface area (Å²) in [5, 5.41) is 1.59. The lowest BCUT2D eigenvalue weighted by Gasteiger charge is -2.31. The molecule has 1 saturated heterocycles. The van der Waals surface area contributed by atoms with Gasteiger partial charge in [0, 0.05) is 15.3 Å². The molecule has 2 unspecified atom stereocenters. The Labute approximate surface area is 276 Å². The fourth-order valence-corrected chi connectivity index (χ4v) is 8.72. The molecule has 46 heavy (non-hydrogen) atoms. The number of halogens is 4. The van der Waals surface area contributed by atoms with Gasteiger partial charge in [0.25, 0.3) is 0 Å². The highest BCUT2D eigenvalue weighted by Crippen LogP contribution is 2.54. The number of rotatable bonds is 7. The molecule has 3 amide bonds. The average Bonchev–Trinajstić information content (AvgIpc) is 3.47. The minimum Gasteiger partial charge on any atom is -0.493 e. The van der Waals surface area contributed by atoms with Crippen molar-refractivity contribution in [2.24, 2.45) is 5.92 Å². The average molecular weight is 735 g/mol. The fraction of sp³-hybridized carbons (Fsp3) is 0.226. The topological polar surface area (TPSA) is 107 Å². The summed E-state index contributed by atoms with van der Waals surface area (Å²) in [6.45, 7) is -0.613. The fourth-order valence-electron chi connectivity index (χ4n) is 5.68. The molecule has 9 nitrogen and oxygen atoms in total. The minimum atomic E-state index is -4.71. The number of carbonyl (C=O) groups is 3. The van der Waals surface area contributed by atoms with E-state index in [2.05, 4.69) is 21.2 Å². The first kappa shape index (κ1) is 31.9. The Hall–Kier alpha value is -4.08. The maximum absolute atomic E-state index is 14.1. The van der Waals surface area contributed by atoms with Gasteiger partial charge >= 0.3 is 11.0 Å². The number of aromatic nitrogens is 1. The largest absolute Gasteiger partial charge is 0.493 e. The zero-order valence-corrected chi connectivity index (χ0v) is 27.2. The second-order valence-electron chi connectivity index (χ2n) is 10.4. The standard InChI is InChI=1S/C31H23BrF3N3O6S2/c1-43-20-12-7-15(13-21(20)44-2)23-24-25(28(41)38(27(24)40)17-10-8-16(32)9-11-17)45-29-26(23)46-30(42)37(29)14-22(39)36-19-6-4-3-5-18(19)31(33,34)35/h3-13,23-25H,14H2,1-2H3,(H,36,39)/t23-,24?,25?/m1/s1. The Kier molecular flexibility index (Phi) is 8.50. The number of nitrogens with zero attached hydrogens (tertiary/aromatic N) is 2. The number of benzene rings is 3. The van der Waals surface area contributed by atoms with Gasteiger partial charge in [-0.15, -0.1) is 0 Å². The van der Waals surface area contributed by atoms with Crippen molar-refractivity contribution in [1.29, 1.82) is 0 Å². The number of nitrogens with one attached hydrogen (secondary N) is 1. The van der Waals surface area contributed by atoms with Crippen molar-refractivity contribution in [3.8, 4) is 11.5 Å². The summed E-state index contributed by atoms with van der Waals surface area (Å²) in [4.78, 5) is 55.5. The summed E-state index contributed by atoms with van der Waals surface area (Å²) in [6.07, 6.45) is -4.71. The highest BCUT2D eigenvalue weighted by molar-refractivity contribution is 9.10. The second kappa shape index (κ2) is 12.3. The van der Waals surface area contributed by atoms with E-state index in [0.29, 0.717) is 27.6 Å². The van der Waals surface area contributed by atoms with Crippen molar-refractivity contribution in [3.63, 3.8) is 0 Å². The summed E-state index contributed by atoms with van der Waals surface area (Å²) < 4.78 is 53.4. The van der Waals surface area contributed by atoms with Crippen molar-refractivity contribution >= 4 is 68.1 Å². The van der Waals surface area contributed by atoms with Crippen LogP contribution < -0.4 is 24.6 Å². The third-order valence-electron chi connectivity index (χ3n) is 7.71. The number of alkyl halides is 3. The molecule has 0 saturated carbocycles. The van der Waals surface area contributed by atoms with E-state index in [1.54, 1.807) is 42.5 Å². The zero-order chi connectivity index (χ0) is 32.9. The van der Waals surface area contributed by atoms with Crippen LogP contribution >= 0.6 is 39.0 Å². The van der Waals surface area contributed by atoms with Gasteiger partial charge in [0.05, 0.1) is 42.1 Å². The van der Waals surface area contributed by atoms with Crippen LogP contribution in [0.25, 0.3) is 0 Å². The Morgan fingerprint density at radius 2 is 1.65 bits per heavy atom. The second-order valence-corrected chi connectivity index (χ2v) is 13.4. The number of anilines is 2. The quantitative estimate of drug-likeness (QED) is 0.228. The van der Waals surface area contributed by atoms with Crippen LogP contribution in [0.4, 0.5) is 24.5 Å². The number of methoxy groups -OCH3 is 2. The molecule has 1 aromatic heterocycles. The SMILES string of the molecule is COc1ccc([C@H]2c3sc(=O)n(CC(=O)Nc4ccccc4C(F)(F)F)c3SC3C(=O)N(c4ccc(Br)cc4)C(=O)C32)cc1OC. The molecule has 3 aromatic carbocycles. The first-order valence-corrected chi connectivity index (χ1v) is 16.1. The van der Waals surface area contributed by atoms with Gasteiger partial charge in [-0.2, -0.15) is 13.2 Å². The molecule has 3 atom stereocenters. The van der Waals surface area contributed by atoms with Crippen LogP contribution in [-0.2, 0) is 27.1 Å². The van der Waals surface area contributed by atoms with E-state index in [9.17, 15) is 32.3 Å². The van der Waals surface area contributed by atoms with Crippen molar-refractivity contribution in [3.05, 3.63) is 96.9 Å². The third-order valence-corrected chi connectivity index (χ3v) is 10.8. The van der Waals surface area contributed by atoms with Crippen LogP contribution in [-0.4, -0.2) is 41.8 Å². The highest BCUT2D eigenvalue weighted by Gasteiger charge is 2.57. The zero-order valence-electron chi connectivity index (χ0n) is 24.0. The Morgan fingerprint density at radius 1 is 0.957 bits per heavy atom. The Bertz CT molecular complexity index is 1930. The molecule has 15 heteroatoms. The molecule has 0 aliphatic carbocycles. The van der Waals surface area contributed by atoms with Crippen molar-refractivity contribution in [1.82, 2.24) is 4.57 Å². The van der Waals surface area contributed by atoms with Gasteiger partial charge in [0.2, 0.25) is 17.7 Å². The molecule has 1 fully saturated rings. The number of thioether (sulfide) groups is 1. The molecule has 0 bridgehead atoms. The van der Waals surface area contributed by atoms with Crippen LogP contribution in [0.15, 0.2) is 81.0 Å². The van der Waals surface area contributed by atoms with Gasteiger partial charge in [-0.3, -0.25) is 23.7 Å². The normalized spacial score (nSPS) is 19.1. The van der Waals surface area contributed by atoms with Gasteiger partial charge in [0.1, 0.15) is 11.8 Å². The van der Waals surface area contributed by atoms with E-state index < -0.39 is 63.7 Å². The monoisotopic (exact) mass is 733 g/mol. The molecule has 2 aliphatic heterocycles. The van der Waals surface area contributed by atoms with Crippen LogP contribution in [0, 0.1) is 5.92 Å². The maximum atomic E-state index is 14.1. The molecule has 1 N–H and O–H groups in total. The first-order chi connectivity index (χ1) is 21.9. The number of fused-ring (bicyclic) bond motifs is 2. The van der Waals surface area contributed by atoms with E-state index in [0.717, 1.165) is 49.2 Å². The summed E-state index contributed by atoms with van der Waals surface area (Å²) in [5.41, 5.74) is -0.528. The van der Waals surface area contributed by atoms with Gasteiger partial charge < -0.3 is 14.8 Å². The molecule has 2 aliphatic rings. The minimum absolute atomic E-state index is 0.286. The van der Waals surface area contributed by atoms with E-state index in [1.165, 1.54) is 26.4 Å². The van der Waals surface area contributed by atoms with Crippen molar-refractivity contribution in [2.45, 2.75) is 28.9 Å². The molecule has 4 aromatic rings.